The number of amides is 2. The first-order chi connectivity index (χ1) is 13.9. The van der Waals surface area contributed by atoms with Gasteiger partial charge in [-0.1, -0.05) is 18.2 Å². The molecule has 9 heteroatoms. The molecular weight excluding hydrogens is 444 g/mol. The molecule has 0 aliphatic carbocycles. The fraction of sp³-hybridized carbons (Fsp3) is 0.150. The van der Waals surface area contributed by atoms with E-state index in [0.29, 0.717) is 28.1 Å². The van der Waals surface area contributed by atoms with Gasteiger partial charge in [0.25, 0.3) is 11.8 Å². The molecule has 0 saturated carbocycles. The Morgan fingerprint density at radius 3 is 2.59 bits per heavy atom. The molecule has 0 unspecified atom stereocenters. The lowest BCUT2D eigenvalue weighted by molar-refractivity contribution is -0.139. The van der Waals surface area contributed by atoms with Crippen LogP contribution in [0.15, 0.2) is 52.5 Å². The first kappa shape index (κ1) is 20.4. The molecule has 1 aliphatic heterocycles. The Morgan fingerprint density at radius 1 is 1.21 bits per heavy atom. The lowest BCUT2D eigenvalue weighted by Gasteiger charge is -2.14. The van der Waals surface area contributed by atoms with Gasteiger partial charge in [-0.05, 0) is 58.8 Å². The number of para-hydroxylation sites is 1. The summed E-state index contributed by atoms with van der Waals surface area (Å²) in [6.45, 7) is 1.55. The molecule has 1 saturated heterocycles. The molecule has 0 spiro atoms. The van der Waals surface area contributed by atoms with Crippen molar-refractivity contribution in [2.45, 2.75) is 6.92 Å². The summed E-state index contributed by atoms with van der Waals surface area (Å²) in [6, 6.07) is 11.9. The lowest BCUT2D eigenvalue weighted by atomic mass is 10.1. The van der Waals surface area contributed by atoms with Gasteiger partial charge in [0, 0.05) is 0 Å². The molecule has 1 fully saturated rings. The Balaban J connectivity index is 1.94. The molecule has 1 heterocycles. The first-order valence-corrected chi connectivity index (χ1v) is 9.43. The molecule has 29 heavy (non-hydrogen) atoms. The molecule has 3 rings (SSSR count). The van der Waals surface area contributed by atoms with Crippen LogP contribution in [0.5, 0.6) is 11.5 Å². The Morgan fingerprint density at radius 2 is 1.93 bits per heavy atom. The largest absolute Gasteiger partial charge is 0.490 e. The maximum absolute atomic E-state index is 12.7. The van der Waals surface area contributed by atoms with Crippen LogP contribution in [-0.2, 0) is 14.4 Å². The minimum atomic E-state index is -1.13. The van der Waals surface area contributed by atoms with Crippen LogP contribution in [0, 0.1) is 0 Å². The predicted octanol–water partition coefficient (Wildman–Crippen LogP) is 2.77. The molecule has 0 radical (unpaired) electrons. The first-order valence-electron chi connectivity index (χ1n) is 8.63. The van der Waals surface area contributed by atoms with Crippen LogP contribution < -0.4 is 19.9 Å². The molecule has 0 aromatic heterocycles. The van der Waals surface area contributed by atoms with E-state index in [1.807, 2.05) is 6.07 Å². The number of rotatable bonds is 7. The molecule has 2 amide bonds. The SMILES string of the molecule is CCOc1cc(C=C2C(=O)NN(c3ccccc3)C2=O)cc(Br)c1OCC(=O)O. The summed E-state index contributed by atoms with van der Waals surface area (Å²) in [5.74, 6) is -1.62. The maximum Gasteiger partial charge on any atom is 0.341 e. The highest BCUT2D eigenvalue weighted by Gasteiger charge is 2.34. The van der Waals surface area contributed by atoms with E-state index in [1.165, 1.54) is 11.1 Å². The third-order valence-electron chi connectivity index (χ3n) is 3.89. The Labute approximate surface area is 174 Å². The molecule has 0 bridgehead atoms. The second-order valence-electron chi connectivity index (χ2n) is 5.92. The van der Waals surface area contributed by atoms with Gasteiger partial charge in [0.2, 0.25) is 0 Å². The summed E-state index contributed by atoms with van der Waals surface area (Å²) in [5, 5.41) is 10.0. The quantitative estimate of drug-likeness (QED) is 0.486. The second-order valence-corrected chi connectivity index (χ2v) is 6.77. The van der Waals surface area contributed by atoms with Crippen molar-refractivity contribution >= 4 is 45.5 Å². The molecule has 1 aliphatic rings. The monoisotopic (exact) mass is 460 g/mol. The Bertz CT molecular complexity index is 990. The van der Waals surface area contributed by atoms with E-state index in [2.05, 4.69) is 21.4 Å². The zero-order valence-electron chi connectivity index (χ0n) is 15.3. The van der Waals surface area contributed by atoms with Gasteiger partial charge in [-0.3, -0.25) is 15.0 Å². The number of hydrogen-bond donors (Lipinski definition) is 2. The van der Waals surface area contributed by atoms with Crippen molar-refractivity contribution in [1.82, 2.24) is 5.43 Å². The van der Waals surface area contributed by atoms with Crippen LogP contribution in [0.2, 0.25) is 0 Å². The molecule has 2 aromatic carbocycles. The minimum absolute atomic E-state index is 0.0394. The molecule has 2 aromatic rings. The number of carboxylic acid groups (broad SMARTS) is 1. The van der Waals surface area contributed by atoms with Gasteiger partial charge in [0.15, 0.2) is 18.1 Å². The van der Waals surface area contributed by atoms with E-state index in [1.54, 1.807) is 43.3 Å². The van der Waals surface area contributed by atoms with Gasteiger partial charge >= 0.3 is 5.97 Å². The van der Waals surface area contributed by atoms with E-state index in [-0.39, 0.29) is 11.3 Å². The van der Waals surface area contributed by atoms with Gasteiger partial charge in [0.05, 0.1) is 16.8 Å². The second kappa shape index (κ2) is 8.78. The minimum Gasteiger partial charge on any atom is -0.490 e. The number of benzene rings is 2. The molecule has 0 atom stereocenters. The van der Waals surface area contributed by atoms with E-state index >= 15 is 0 Å². The van der Waals surface area contributed by atoms with Crippen molar-refractivity contribution in [2.24, 2.45) is 0 Å². The zero-order chi connectivity index (χ0) is 21.0. The number of hydrazine groups is 1. The van der Waals surface area contributed by atoms with Crippen LogP contribution in [0.4, 0.5) is 5.69 Å². The van der Waals surface area contributed by atoms with E-state index in [9.17, 15) is 14.4 Å². The van der Waals surface area contributed by atoms with Crippen molar-refractivity contribution in [3.8, 4) is 11.5 Å². The van der Waals surface area contributed by atoms with E-state index < -0.39 is 24.4 Å². The van der Waals surface area contributed by atoms with Crippen LogP contribution in [0.25, 0.3) is 6.08 Å². The Kier molecular flexibility index (Phi) is 6.18. The number of carboxylic acids is 1. The third kappa shape index (κ3) is 4.57. The fourth-order valence-electron chi connectivity index (χ4n) is 2.69. The van der Waals surface area contributed by atoms with E-state index in [4.69, 9.17) is 14.6 Å². The average molecular weight is 461 g/mol. The van der Waals surface area contributed by atoms with Crippen LogP contribution in [0.3, 0.4) is 0 Å². The molecule has 2 N–H and O–H groups in total. The number of carbonyl (C=O) groups excluding carboxylic acids is 2. The van der Waals surface area contributed by atoms with Crippen molar-refractivity contribution in [1.29, 1.82) is 0 Å². The number of ether oxygens (including phenoxy) is 2. The number of aliphatic carboxylic acids is 1. The fourth-order valence-corrected chi connectivity index (χ4v) is 3.27. The normalized spacial score (nSPS) is 14.8. The van der Waals surface area contributed by atoms with Crippen LogP contribution >= 0.6 is 15.9 Å². The lowest BCUT2D eigenvalue weighted by Crippen LogP contribution is -2.35. The van der Waals surface area contributed by atoms with Gasteiger partial charge in [0.1, 0.15) is 5.57 Å². The van der Waals surface area contributed by atoms with Gasteiger partial charge in [-0.2, -0.15) is 0 Å². The number of carbonyl (C=O) groups is 3. The average Bonchev–Trinajstić information content (AvgIpc) is 2.96. The summed E-state index contributed by atoms with van der Waals surface area (Å²) >= 11 is 3.32. The van der Waals surface area contributed by atoms with Crippen molar-refractivity contribution in [2.75, 3.05) is 18.2 Å². The van der Waals surface area contributed by atoms with E-state index in [0.717, 1.165) is 0 Å². The third-order valence-corrected chi connectivity index (χ3v) is 4.48. The Hall–Kier alpha value is -3.33. The highest BCUT2D eigenvalue weighted by molar-refractivity contribution is 9.10. The predicted molar refractivity (Wildman–Crippen MR) is 108 cm³/mol. The summed E-state index contributed by atoms with van der Waals surface area (Å²) < 4.78 is 11.2. The summed E-state index contributed by atoms with van der Waals surface area (Å²) in [5.41, 5.74) is 3.55. The molecular formula is C20H17BrN2O6. The van der Waals surface area contributed by atoms with Crippen molar-refractivity contribution in [3.05, 3.63) is 58.1 Å². The van der Waals surface area contributed by atoms with Crippen LogP contribution in [-0.4, -0.2) is 36.1 Å². The zero-order valence-corrected chi connectivity index (χ0v) is 16.9. The highest BCUT2D eigenvalue weighted by atomic mass is 79.9. The maximum atomic E-state index is 12.7. The van der Waals surface area contributed by atoms with Crippen LogP contribution in [0.1, 0.15) is 12.5 Å². The number of nitrogens with zero attached hydrogens (tertiary/aromatic N) is 1. The summed E-state index contributed by atoms with van der Waals surface area (Å²) in [7, 11) is 0. The smallest absolute Gasteiger partial charge is 0.341 e. The molecule has 150 valence electrons. The number of nitrogens with one attached hydrogen (secondary N) is 1. The van der Waals surface area contributed by atoms with Crippen molar-refractivity contribution < 1.29 is 29.0 Å². The van der Waals surface area contributed by atoms with Crippen molar-refractivity contribution in [3.63, 3.8) is 0 Å². The summed E-state index contributed by atoms with van der Waals surface area (Å²) in [4.78, 5) is 35.8. The van der Waals surface area contributed by atoms with Gasteiger partial charge in [-0.15, -0.1) is 0 Å². The van der Waals surface area contributed by atoms with Gasteiger partial charge in [-0.25, -0.2) is 9.80 Å². The highest BCUT2D eigenvalue weighted by Crippen LogP contribution is 2.37. The standard InChI is InChI=1S/C20H17BrN2O6/c1-2-28-16-10-12(9-15(21)18(16)29-11-17(24)25)8-14-19(26)22-23(20(14)27)13-6-4-3-5-7-13/h3-10H,2,11H2,1H3,(H,22,26)(H,24,25). The number of anilines is 1. The number of hydrogen-bond acceptors (Lipinski definition) is 5. The van der Waals surface area contributed by atoms with Gasteiger partial charge < -0.3 is 14.6 Å². The topological polar surface area (TPSA) is 105 Å². The number of halogens is 1. The molecule has 8 nitrogen and oxygen atoms in total. The summed E-state index contributed by atoms with van der Waals surface area (Å²) in [6.07, 6.45) is 1.44.